The molecule has 140 valence electrons. The van der Waals surface area contributed by atoms with Gasteiger partial charge in [-0.25, -0.2) is 0 Å². The van der Waals surface area contributed by atoms with Gasteiger partial charge in [-0.05, 0) is 30.3 Å². The number of phenols is 1. The Morgan fingerprint density at radius 1 is 1.19 bits per heavy atom. The van der Waals surface area contributed by atoms with Gasteiger partial charge in [-0.3, -0.25) is 0 Å². The summed E-state index contributed by atoms with van der Waals surface area (Å²) in [5.74, 6) is 1.26. The molecule has 0 spiro atoms. The number of carbonyl (C=O) groups excluding carboxylic acids is 1. The number of rotatable bonds is 8. The fourth-order valence-corrected chi connectivity index (χ4v) is 2.75. The average Bonchev–Trinajstić information content (AvgIpc) is 2.70. The molecule has 1 unspecified atom stereocenters. The van der Waals surface area contributed by atoms with Gasteiger partial charge in [0.15, 0.2) is 6.79 Å². The molecule has 3 rings (SSSR count). The summed E-state index contributed by atoms with van der Waals surface area (Å²) in [5.41, 5.74) is 1.19. The summed E-state index contributed by atoms with van der Waals surface area (Å²) >= 11 is 0. The van der Waals surface area contributed by atoms with Crippen molar-refractivity contribution in [2.45, 2.75) is 5.92 Å². The molecular weight excluding hydrogens is 348 g/mol. The van der Waals surface area contributed by atoms with Crippen LogP contribution in [0.25, 0.3) is 5.76 Å². The predicted molar refractivity (Wildman–Crippen MR) is 100 cm³/mol. The summed E-state index contributed by atoms with van der Waals surface area (Å²) in [6.07, 6.45) is 4.10. The first-order chi connectivity index (χ1) is 13.2. The second-order valence-electron chi connectivity index (χ2n) is 5.82. The van der Waals surface area contributed by atoms with Crippen molar-refractivity contribution in [3.63, 3.8) is 0 Å². The summed E-state index contributed by atoms with van der Waals surface area (Å²) in [7, 11) is 1.50. The lowest BCUT2D eigenvalue weighted by molar-refractivity contribution is -0.108. The molecule has 0 saturated heterocycles. The zero-order chi connectivity index (χ0) is 19.2. The lowest BCUT2D eigenvalue weighted by Crippen LogP contribution is -2.11. The van der Waals surface area contributed by atoms with E-state index in [0.717, 1.165) is 11.8 Å². The molecule has 6 heteroatoms. The minimum atomic E-state index is -0.628. The van der Waals surface area contributed by atoms with E-state index in [1.165, 1.54) is 13.2 Å². The minimum Gasteiger partial charge on any atom is -0.507 e. The fraction of sp³-hybridized carbons (Fsp3) is 0.190. The number of aldehydes is 1. The van der Waals surface area contributed by atoms with E-state index in [1.54, 1.807) is 18.2 Å². The molecule has 2 aromatic rings. The Hall–Kier alpha value is -3.25. The first-order valence-electron chi connectivity index (χ1n) is 8.34. The third kappa shape index (κ3) is 4.12. The fourth-order valence-electron chi connectivity index (χ4n) is 2.75. The summed E-state index contributed by atoms with van der Waals surface area (Å²) in [4.78, 5) is 11.6. The van der Waals surface area contributed by atoms with Crippen LogP contribution in [0, 0.1) is 0 Å². The molecule has 0 bridgehead atoms. The van der Waals surface area contributed by atoms with Crippen molar-refractivity contribution in [2.24, 2.45) is 0 Å². The quantitative estimate of drug-likeness (QED) is 0.435. The predicted octanol–water partition coefficient (Wildman–Crippen LogP) is 3.66. The van der Waals surface area contributed by atoms with Crippen LogP contribution in [-0.4, -0.2) is 31.9 Å². The highest BCUT2D eigenvalue weighted by Gasteiger charge is 2.26. The number of aromatic hydroxyl groups is 1. The van der Waals surface area contributed by atoms with Gasteiger partial charge in [-0.1, -0.05) is 12.7 Å². The number of hydrogen-bond donors (Lipinski definition) is 1. The molecule has 1 N–H and O–H groups in total. The zero-order valence-electron chi connectivity index (χ0n) is 14.9. The van der Waals surface area contributed by atoms with Crippen LogP contribution in [0.2, 0.25) is 0 Å². The number of phenolic OH excluding ortho intramolecular Hbond substituents is 1. The summed E-state index contributed by atoms with van der Waals surface area (Å²) in [5, 5.41) is 10.3. The average molecular weight is 368 g/mol. The van der Waals surface area contributed by atoms with Crippen LogP contribution in [-0.2, 0) is 9.53 Å². The number of methoxy groups -OCH3 is 1. The van der Waals surface area contributed by atoms with Gasteiger partial charge in [0.2, 0.25) is 0 Å². The maximum Gasteiger partial charge on any atom is 0.188 e. The highest BCUT2D eigenvalue weighted by atomic mass is 16.7. The largest absolute Gasteiger partial charge is 0.507 e. The van der Waals surface area contributed by atoms with Crippen molar-refractivity contribution in [2.75, 3.05) is 20.5 Å². The molecule has 0 saturated carbocycles. The van der Waals surface area contributed by atoms with Crippen molar-refractivity contribution in [1.82, 2.24) is 0 Å². The van der Waals surface area contributed by atoms with Crippen molar-refractivity contribution >= 4 is 12.0 Å². The summed E-state index contributed by atoms with van der Waals surface area (Å²) in [6.45, 7) is 4.06. The van der Waals surface area contributed by atoms with Crippen LogP contribution in [0.15, 0.2) is 55.1 Å². The Balaban J connectivity index is 1.90. The highest BCUT2D eigenvalue weighted by Crippen LogP contribution is 2.44. The van der Waals surface area contributed by atoms with Crippen LogP contribution < -0.4 is 14.2 Å². The summed E-state index contributed by atoms with van der Waals surface area (Å²) in [6, 6.07) is 10.3. The van der Waals surface area contributed by atoms with Crippen LogP contribution >= 0.6 is 0 Å². The first kappa shape index (κ1) is 18.5. The maximum atomic E-state index is 11.6. The van der Waals surface area contributed by atoms with Crippen LogP contribution in [0.1, 0.15) is 17.0 Å². The molecule has 1 aliphatic heterocycles. The maximum absolute atomic E-state index is 11.6. The van der Waals surface area contributed by atoms with Gasteiger partial charge in [-0.15, -0.1) is 0 Å². The molecule has 1 aliphatic rings. The van der Waals surface area contributed by atoms with Gasteiger partial charge in [0.05, 0.1) is 11.5 Å². The van der Waals surface area contributed by atoms with E-state index in [2.05, 4.69) is 6.58 Å². The lowest BCUT2D eigenvalue weighted by Gasteiger charge is -2.24. The molecule has 0 aromatic heterocycles. The van der Waals surface area contributed by atoms with Crippen molar-refractivity contribution in [3.05, 3.63) is 66.3 Å². The van der Waals surface area contributed by atoms with Crippen LogP contribution in [0.3, 0.4) is 0 Å². The van der Waals surface area contributed by atoms with Crippen LogP contribution in [0.4, 0.5) is 0 Å². The van der Waals surface area contributed by atoms with Crippen molar-refractivity contribution in [1.29, 1.82) is 0 Å². The van der Waals surface area contributed by atoms with E-state index in [1.807, 2.05) is 24.3 Å². The number of carbonyl (C=O) groups is 1. The molecule has 1 heterocycles. The molecule has 1 atom stereocenters. The topological polar surface area (TPSA) is 74.2 Å². The first-order valence-corrected chi connectivity index (χ1v) is 8.34. The molecule has 0 radical (unpaired) electrons. The highest BCUT2D eigenvalue weighted by molar-refractivity contribution is 5.79. The van der Waals surface area contributed by atoms with Gasteiger partial charge in [0.1, 0.15) is 41.7 Å². The monoisotopic (exact) mass is 368 g/mol. The lowest BCUT2D eigenvalue weighted by atomic mass is 9.94. The normalized spacial score (nSPS) is 15.1. The Labute approximate surface area is 157 Å². The third-order valence-electron chi connectivity index (χ3n) is 3.97. The van der Waals surface area contributed by atoms with E-state index < -0.39 is 5.92 Å². The van der Waals surface area contributed by atoms with Gasteiger partial charge < -0.3 is 28.8 Å². The van der Waals surface area contributed by atoms with Gasteiger partial charge in [0, 0.05) is 24.8 Å². The molecule has 6 nitrogen and oxygen atoms in total. The molecular formula is C21H20O6. The van der Waals surface area contributed by atoms with Gasteiger partial charge >= 0.3 is 0 Å². The Morgan fingerprint density at radius 3 is 2.63 bits per heavy atom. The Morgan fingerprint density at radius 2 is 1.96 bits per heavy atom. The van der Waals surface area contributed by atoms with Gasteiger partial charge in [-0.2, -0.15) is 0 Å². The van der Waals surface area contributed by atoms with E-state index in [-0.39, 0.29) is 12.5 Å². The molecule has 0 aliphatic carbocycles. The standard InChI is InChI=1S/C21H20O6/c1-3-8-25-16-6-4-14(5-7-16)19-9-15(12-22)21-18(23)10-17(26-13-24-2)11-20(21)27-19/h3-7,9-12,15,23H,1,8,13H2,2H3. The molecule has 0 fully saturated rings. The zero-order valence-corrected chi connectivity index (χ0v) is 14.9. The number of hydrogen-bond acceptors (Lipinski definition) is 6. The molecule has 27 heavy (non-hydrogen) atoms. The van der Waals surface area contributed by atoms with Crippen molar-refractivity contribution in [3.8, 4) is 23.0 Å². The van der Waals surface area contributed by atoms with E-state index >= 15 is 0 Å². The van der Waals surface area contributed by atoms with E-state index in [4.69, 9.17) is 18.9 Å². The summed E-state index contributed by atoms with van der Waals surface area (Å²) < 4.78 is 21.6. The second kappa shape index (κ2) is 8.42. The third-order valence-corrected chi connectivity index (χ3v) is 3.97. The Kier molecular flexibility index (Phi) is 5.78. The number of fused-ring (bicyclic) bond motifs is 1. The minimum absolute atomic E-state index is 0.0319. The van der Waals surface area contributed by atoms with Crippen LogP contribution in [0.5, 0.6) is 23.0 Å². The number of ether oxygens (including phenoxy) is 4. The van der Waals surface area contributed by atoms with Gasteiger partial charge in [0.25, 0.3) is 0 Å². The Bertz CT molecular complexity index is 854. The SMILES string of the molecule is C=CCOc1ccc(C2=CC(C=O)c3c(O)cc(OCOC)cc3O2)cc1. The second-order valence-corrected chi connectivity index (χ2v) is 5.82. The van der Waals surface area contributed by atoms with E-state index in [9.17, 15) is 9.90 Å². The molecule has 0 amide bonds. The number of allylic oxidation sites excluding steroid dienone is 1. The van der Waals surface area contributed by atoms with Crippen molar-refractivity contribution < 1.29 is 28.8 Å². The van der Waals surface area contributed by atoms with E-state index in [0.29, 0.717) is 35.2 Å². The molecule has 2 aromatic carbocycles. The smallest absolute Gasteiger partial charge is 0.188 e. The number of benzene rings is 2.